The molecule has 10 heteroatoms. The summed E-state index contributed by atoms with van der Waals surface area (Å²) in [7, 11) is 0. The average molecular weight is 535 g/mol. The highest BCUT2D eigenvalue weighted by atomic mass is 16.7. The van der Waals surface area contributed by atoms with Crippen LogP contribution in [0.4, 0.5) is 0 Å². The molecule has 1 fully saturated rings. The normalized spacial score (nSPS) is 24.5. The van der Waals surface area contributed by atoms with Crippen LogP contribution in [-0.2, 0) is 28.5 Å². The third kappa shape index (κ3) is 14.4. The minimum absolute atomic E-state index is 0.219. The first-order valence-corrected chi connectivity index (χ1v) is 14.1. The first-order chi connectivity index (χ1) is 17.8. The van der Waals surface area contributed by atoms with Gasteiger partial charge in [0.15, 0.2) is 12.4 Å². The molecule has 0 amide bonds. The molecule has 0 aromatic carbocycles. The zero-order valence-electron chi connectivity index (χ0n) is 22.7. The van der Waals surface area contributed by atoms with Gasteiger partial charge < -0.3 is 39.4 Å². The standard InChI is InChI=1S/C27H50O10/c1-3-5-7-8-9-10-11-12-13-14-16-23(30)36-20(18-34-22(29)15-6-4-2)19-35-27-26(33)25(32)24(31)21(17-28)37-27/h20-21,24-28,31-33H,3-19H2,1-2H3. The maximum atomic E-state index is 12.4. The van der Waals surface area contributed by atoms with E-state index in [1.165, 1.54) is 38.5 Å². The zero-order valence-corrected chi connectivity index (χ0v) is 22.7. The topological polar surface area (TPSA) is 152 Å². The molecule has 0 saturated carbocycles. The van der Waals surface area contributed by atoms with E-state index in [0.29, 0.717) is 12.8 Å². The number of hydrogen-bond donors (Lipinski definition) is 4. The Morgan fingerprint density at radius 2 is 1.30 bits per heavy atom. The van der Waals surface area contributed by atoms with Crippen LogP contribution < -0.4 is 0 Å². The summed E-state index contributed by atoms with van der Waals surface area (Å²) in [6, 6.07) is 0. The van der Waals surface area contributed by atoms with E-state index in [2.05, 4.69) is 6.92 Å². The number of esters is 2. The number of aliphatic hydroxyl groups excluding tert-OH is 4. The van der Waals surface area contributed by atoms with E-state index >= 15 is 0 Å². The molecule has 6 atom stereocenters. The lowest BCUT2D eigenvalue weighted by Crippen LogP contribution is -2.59. The third-order valence-corrected chi connectivity index (χ3v) is 6.49. The molecule has 10 nitrogen and oxygen atoms in total. The molecule has 0 bridgehead atoms. The van der Waals surface area contributed by atoms with E-state index in [-0.39, 0.29) is 26.1 Å². The van der Waals surface area contributed by atoms with Crippen molar-refractivity contribution in [2.24, 2.45) is 0 Å². The van der Waals surface area contributed by atoms with Crippen LogP contribution in [0.1, 0.15) is 104 Å². The summed E-state index contributed by atoms with van der Waals surface area (Å²) in [5.74, 6) is -0.850. The molecular formula is C27H50O10. The Labute approximate surface area is 221 Å². The molecule has 1 aliphatic heterocycles. The monoisotopic (exact) mass is 534 g/mol. The van der Waals surface area contributed by atoms with Crippen LogP contribution in [-0.4, -0.2) is 89.0 Å². The number of rotatable bonds is 21. The first kappa shape index (κ1) is 33.7. The van der Waals surface area contributed by atoms with Gasteiger partial charge in [0.25, 0.3) is 0 Å². The number of aliphatic hydroxyl groups is 4. The second-order valence-electron chi connectivity index (χ2n) is 9.86. The molecule has 1 heterocycles. The fourth-order valence-corrected chi connectivity index (χ4v) is 4.10. The van der Waals surface area contributed by atoms with Gasteiger partial charge in [0.1, 0.15) is 31.0 Å². The summed E-state index contributed by atoms with van der Waals surface area (Å²) >= 11 is 0. The van der Waals surface area contributed by atoms with Gasteiger partial charge in [-0.1, -0.05) is 78.1 Å². The van der Waals surface area contributed by atoms with Crippen molar-refractivity contribution in [3.8, 4) is 0 Å². The fourth-order valence-electron chi connectivity index (χ4n) is 4.10. The molecule has 0 aliphatic carbocycles. The highest BCUT2D eigenvalue weighted by molar-refractivity contribution is 5.70. The highest BCUT2D eigenvalue weighted by Gasteiger charge is 2.44. The van der Waals surface area contributed by atoms with Crippen LogP contribution in [0.3, 0.4) is 0 Å². The minimum atomic E-state index is -1.58. The third-order valence-electron chi connectivity index (χ3n) is 6.49. The van der Waals surface area contributed by atoms with Crippen LogP contribution in [0.5, 0.6) is 0 Å². The van der Waals surface area contributed by atoms with E-state index < -0.39 is 55.4 Å². The SMILES string of the molecule is CCCCCCCCCCCCC(=O)OC(COC(=O)CCCC)COC1OC(CO)C(O)C(O)C1O. The smallest absolute Gasteiger partial charge is 0.306 e. The van der Waals surface area contributed by atoms with Gasteiger partial charge in [-0.2, -0.15) is 0 Å². The Morgan fingerprint density at radius 3 is 1.89 bits per heavy atom. The average Bonchev–Trinajstić information content (AvgIpc) is 2.89. The lowest BCUT2D eigenvalue weighted by Gasteiger charge is -2.39. The van der Waals surface area contributed by atoms with Gasteiger partial charge in [0, 0.05) is 12.8 Å². The Bertz CT molecular complexity index is 600. The van der Waals surface area contributed by atoms with E-state index in [0.717, 1.165) is 25.7 Å². The maximum Gasteiger partial charge on any atom is 0.306 e. The van der Waals surface area contributed by atoms with Gasteiger partial charge in [-0.25, -0.2) is 0 Å². The second kappa shape index (κ2) is 20.6. The quantitative estimate of drug-likeness (QED) is 0.128. The molecule has 0 spiro atoms. The summed E-state index contributed by atoms with van der Waals surface area (Å²) in [4.78, 5) is 24.3. The number of carbonyl (C=O) groups excluding carboxylic acids is 2. The van der Waals surface area contributed by atoms with E-state index in [1.807, 2.05) is 6.92 Å². The molecule has 6 unspecified atom stereocenters. The van der Waals surface area contributed by atoms with Crippen molar-refractivity contribution >= 4 is 11.9 Å². The molecule has 0 aromatic heterocycles. The Hall–Kier alpha value is -1.30. The van der Waals surface area contributed by atoms with Crippen molar-refractivity contribution in [2.45, 2.75) is 141 Å². The maximum absolute atomic E-state index is 12.4. The van der Waals surface area contributed by atoms with Crippen LogP contribution in [0, 0.1) is 0 Å². The van der Waals surface area contributed by atoms with Gasteiger partial charge >= 0.3 is 11.9 Å². The molecule has 37 heavy (non-hydrogen) atoms. The summed E-state index contributed by atoms with van der Waals surface area (Å²) in [5, 5.41) is 39.3. The molecule has 1 rings (SSSR count). The van der Waals surface area contributed by atoms with Gasteiger partial charge in [-0.15, -0.1) is 0 Å². The molecule has 1 saturated heterocycles. The van der Waals surface area contributed by atoms with E-state index in [1.54, 1.807) is 0 Å². The zero-order chi connectivity index (χ0) is 27.5. The predicted molar refractivity (Wildman–Crippen MR) is 137 cm³/mol. The highest BCUT2D eigenvalue weighted by Crippen LogP contribution is 2.22. The van der Waals surface area contributed by atoms with E-state index in [9.17, 15) is 30.0 Å². The van der Waals surface area contributed by atoms with E-state index in [4.69, 9.17) is 18.9 Å². The lowest BCUT2D eigenvalue weighted by atomic mass is 9.99. The van der Waals surface area contributed by atoms with Crippen LogP contribution >= 0.6 is 0 Å². The second-order valence-corrected chi connectivity index (χ2v) is 9.86. The summed E-state index contributed by atoms with van der Waals surface area (Å²) < 4.78 is 21.5. The van der Waals surface area contributed by atoms with Crippen molar-refractivity contribution in [1.29, 1.82) is 0 Å². The van der Waals surface area contributed by atoms with Crippen molar-refractivity contribution < 1.29 is 49.0 Å². The van der Waals surface area contributed by atoms with Crippen LogP contribution in [0.25, 0.3) is 0 Å². The van der Waals surface area contributed by atoms with Crippen LogP contribution in [0.2, 0.25) is 0 Å². The first-order valence-electron chi connectivity index (χ1n) is 14.1. The number of carbonyl (C=O) groups is 2. The van der Waals surface area contributed by atoms with Gasteiger partial charge in [-0.05, 0) is 12.8 Å². The van der Waals surface area contributed by atoms with Crippen molar-refractivity contribution in [3.05, 3.63) is 0 Å². The molecule has 1 aliphatic rings. The number of ether oxygens (including phenoxy) is 4. The molecule has 0 aromatic rings. The minimum Gasteiger partial charge on any atom is -0.462 e. The molecular weight excluding hydrogens is 484 g/mol. The molecule has 4 N–H and O–H groups in total. The largest absolute Gasteiger partial charge is 0.462 e. The van der Waals surface area contributed by atoms with Gasteiger partial charge in [0.05, 0.1) is 13.2 Å². The summed E-state index contributed by atoms with van der Waals surface area (Å²) in [6.07, 6.45) is 5.40. The lowest BCUT2D eigenvalue weighted by molar-refractivity contribution is -0.305. The van der Waals surface area contributed by atoms with Gasteiger partial charge in [0.2, 0.25) is 0 Å². The predicted octanol–water partition coefficient (Wildman–Crippen LogP) is 2.76. The van der Waals surface area contributed by atoms with Gasteiger partial charge in [-0.3, -0.25) is 9.59 Å². The van der Waals surface area contributed by atoms with Crippen LogP contribution in [0.15, 0.2) is 0 Å². The molecule has 0 radical (unpaired) electrons. The number of hydrogen-bond acceptors (Lipinski definition) is 10. The Balaban J connectivity index is 2.46. The van der Waals surface area contributed by atoms with Crippen molar-refractivity contribution in [3.63, 3.8) is 0 Å². The summed E-state index contributed by atoms with van der Waals surface area (Å²) in [6.45, 7) is 3.09. The summed E-state index contributed by atoms with van der Waals surface area (Å²) in [5.41, 5.74) is 0. The van der Waals surface area contributed by atoms with Crippen molar-refractivity contribution in [1.82, 2.24) is 0 Å². The number of unbranched alkanes of at least 4 members (excludes halogenated alkanes) is 10. The van der Waals surface area contributed by atoms with Crippen molar-refractivity contribution in [2.75, 3.05) is 19.8 Å². The Morgan fingerprint density at radius 1 is 0.730 bits per heavy atom. The molecule has 218 valence electrons. The fraction of sp³-hybridized carbons (Fsp3) is 0.926. The Kier molecular flexibility index (Phi) is 18.8.